The van der Waals surface area contributed by atoms with Crippen molar-refractivity contribution in [3.8, 4) is 0 Å². The summed E-state index contributed by atoms with van der Waals surface area (Å²) in [6.07, 6.45) is 0.979. The van der Waals surface area contributed by atoms with Gasteiger partial charge in [-0.25, -0.2) is 12.8 Å². The quantitative estimate of drug-likeness (QED) is 0.845. The van der Waals surface area contributed by atoms with Gasteiger partial charge in [0.15, 0.2) is 5.82 Å². The Bertz CT molecular complexity index is 704. The molecule has 1 saturated carbocycles. The average molecular weight is 354 g/mol. The summed E-state index contributed by atoms with van der Waals surface area (Å²) in [5.74, 6) is -1.57. The highest BCUT2D eigenvalue weighted by molar-refractivity contribution is 8.13. The van der Waals surface area contributed by atoms with Crippen LogP contribution in [-0.2, 0) is 9.05 Å². The minimum Gasteiger partial charge on any atom is -0.352 e. The highest BCUT2D eigenvalue weighted by Gasteiger charge is 2.45. The third-order valence-corrected chi connectivity index (χ3v) is 5.28. The lowest BCUT2D eigenvalue weighted by Gasteiger charge is -2.09. The van der Waals surface area contributed by atoms with Gasteiger partial charge in [-0.2, -0.15) is 0 Å². The number of nitrogens with one attached hydrogen (secondary N) is 1. The van der Waals surface area contributed by atoms with E-state index >= 15 is 0 Å². The number of benzene rings is 1. The number of rotatable bonds is 4. The van der Waals surface area contributed by atoms with Crippen molar-refractivity contribution in [1.82, 2.24) is 5.32 Å². The van der Waals surface area contributed by atoms with E-state index in [2.05, 4.69) is 19.2 Å². The fourth-order valence-corrected chi connectivity index (χ4v) is 3.35. The summed E-state index contributed by atoms with van der Waals surface area (Å²) in [6.45, 7) is 4.55. The first kappa shape index (κ1) is 16.5. The van der Waals surface area contributed by atoms with Crippen molar-refractivity contribution < 1.29 is 17.6 Å². The predicted octanol–water partition coefficient (Wildman–Crippen LogP) is 3.18. The number of carbonyl (C=O) groups is 1. The number of halogens is 3. The van der Waals surface area contributed by atoms with Crippen LogP contribution in [-0.4, -0.2) is 20.9 Å². The zero-order chi connectivity index (χ0) is 16.0. The van der Waals surface area contributed by atoms with E-state index in [-0.39, 0.29) is 10.4 Å². The van der Waals surface area contributed by atoms with Crippen molar-refractivity contribution >= 4 is 37.2 Å². The molecule has 1 fully saturated rings. The summed E-state index contributed by atoms with van der Waals surface area (Å²) in [5.41, 5.74) is -0.259. The van der Waals surface area contributed by atoms with Crippen LogP contribution in [0.15, 0.2) is 17.0 Å². The summed E-state index contributed by atoms with van der Waals surface area (Å²) in [6, 6.07) is 1.95. The SMILES string of the molecule is CC1(C)CC1CNC(=O)c1cc(Cl)cc(S(=O)(=O)Cl)c1F. The second-order valence-electron chi connectivity index (χ2n) is 5.80. The van der Waals surface area contributed by atoms with E-state index in [1.807, 2.05) is 0 Å². The Labute approximate surface area is 132 Å². The second kappa shape index (κ2) is 5.41. The highest BCUT2D eigenvalue weighted by Crippen LogP contribution is 2.51. The van der Waals surface area contributed by atoms with Crippen LogP contribution < -0.4 is 5.32 Å². The molecule has 21 heavy (non-hydrogen) atoms. The lowest BCUT2D eigenvalue weighted by Crippen LogP contribution is -2.27. The second-order valence-corrected chi connectivity index (χ2v) is 8.77. The predicted molar refractivity (Wildman–Crippen MR) is 78.7 cm³/mol. The minimum atomic E-state index is -4.32. The Morgan fingerprint density at radius 1 is 1.48 bits per heavy atom. The number of hydrogen-bond acceptors (Lipinski definition) is 3. The van der Waals surface area contributed by atoms with Crippen molar-refractivity contribution in [1.29, 1.82) is 0 Å². The van der Waals surface area contributed by atoms with Crippen molar-refractivity contribution in [3.05, 3.63) is 28.5 Å². The van der Waals surface area contributed by atoms with E-state index < -0.39 is 31.2 Å². The molecule has 8 heteroatoms. The largest absolute Gasteiger partial charge is 0.352 e. The van der Waals surface area contributed by atoms with Crippen LogP contribution in [0.3, 0.4) is 0 Å². The molecule has 2 rings (SSSR count). The van der Waals surface area contributed by atoms with E-state index in [4.69, 9.17) is 22.3 Å². The lowest BCUT2D eigenvalue weighted by molar-refractivity contribution is 0.0946. The van der Waals surface area contributed by atoms with Gasteiger partial charge in [0.25, 0.3) is 15.0 Å². The molecule has 0 bridgehead atoms. The first-order valence-electron chi connectivity index (χ1n) is 6.24. The molecule has 116 valence electrons. The topological polar surface area (TPSA) is 63.2 Å². The molecule has 1 atom stereocenters. The van der Waals surface area contributed by atoms with Gasteiger partial charge in [0, 0.05) is 22.2 Å². The van der Waals surface area contributed by atoms with Gasteiger partial charge in [0.1, 0.15) is 4.90 Å². The maximum Gasteiger partial charge on any atom is 0.264 e. The molecule has 0 aliphatic heterocycles. The molecule has 1 aliphatic rings. The Kier molecular flexibility index (Phi) is 4.26. The van der Waals surface area contributed by atoms with Crippen molar-refractivity contribution in [3.63, 3.8) is 0 Å². The van der Waals surface area contributed by atoms with Crippen LogP contribution >= 0.6 is 22.3 Å². The average Bonchev–Trinajstić information content (AvgIpc) is 2.95. The van der Waals surface area contributed by atoms with Gasteiger partial charge in [-0.1, -0.05) is 25.4 Å². The standard InChI is InChI=1S/C13H14Cl2FNO3S/c1-13(2)5-7(13)6-17-12(18)9-3-8(14)4-10(11(9)16)21(15,19)20/h3-4,7H,5-6H2,1-2H3,(H,17,18). The van der Waals surface area contributed by atoms with Crippen LogP contribution in [0.1, 0.15) is 30.6 Å². The molecular weight excluding hydrogens is 340 g/mol. The maximum absolute atomic E-state index is 14.1. The molecular formula is C13H14Cl2FNO3S. The number of amides is 1. The molecule has 1 aliphatic carbocycles. The van der Waals surface area contributed by atoms with Crippen molar-refractivity contribution in [2.75, 3.05) is 6.54 Å². The molecule has 0 heterocycles. The Hall–Kier alpha value is -0.850. The summed E-state index contributed by atoms with van der Waals surface area (Å²) in [5, 5.41) is 2.51. The van der Waals surface area contributed by atoms with Gasteiger partial charge < -0.3 is 5.32 Å². The molecule has 1 aromatic carbocycles. The maximum atomic E-state index is 14.1. The Balaban J connectivity index is 2.23. The van der Waals surface area contributed by atoms with Crippen LogP contribution in [0.4, 0.5) is 4.39 Å². The normalized spacial score (nSPS) is 20.1. The van der Waals surface area contributed by atoms with E-state index in [1.54, 1.807) is 0 Å². The third-order valence-electron chi connectivity index (χ3n) is 3.74. The number of carbonyl (C=O) groups excluding carboxylic acids is 1. The summed E-state index contributed by atoms with van der Waals surface area (Å²) in [7, 11) is 0.813. The van der Waals surface area contributed by atoms with Gasteiger partial charge in [0.2, 0.25) is 0 Å². The van der Waals surface area contributed by atoms with Crippen LogP contribution in [0, 0.1) is 17.2 Å². The molecule has 0 spiro atoms. The molecule has 1 N–H and O–H groups in total. The van der Waals surface area contributed by atoms with E-state index in [9.17, 15) is 17.6 Å². The molecule has 1 unspecified atom stereocenters. The fraction of sp³-hybridized carbons (Fsp3) is 0.462. The van der Waals surface area contributed by atoms with Crippen LogP contribution in [0.5, 0.6) is 0 Å². The summed E-state index contributed by atoms with van der Waals surface area (Å²) < 4.78 is 36.7. The first-order chi connectivity index (χ1) is 9.52. The van der Waals surface area contributed by atoms with Crippen LogP contribution in [0.25, 0.3) is 0 Å². The molecule has 0 saturated heterocycles. The monoisotopic (exact) mass is 353 g/mol. The van der Waals surface area contributed by atoms with Crippen molar-refractivity contribution in [2.45, 2.75) is 25.2 Å². The van der Waals surface area contributed by atoms with Crippen LogP contribution in [0.2, 0.25) is 5.02 Å². The minimum absolute atomic E-state index is 0.0764. The third kappa shape index (κ3) is 3.67. The molecule has 1 aromatic rings. The zero-order valence-electron chi connectivity index (χ0n) is 11.4. The van der Waals surface area contributed by atoms with E-state index in [0.717, 1.165) is 18.6 Å². The molecule has 0 radical (unpaired) electrons. The Morgan fingerprint density at radius 3 is 2.52 bits per heavy atom. The Morgan fingerprint density at radius 2 is 2.05 bits per heavy atom. The number of hydrogen-bond donors (Lipinski definition) is 1. The first-order valence-corrected chi connectivity index (χ1v) is 8.93. The highest BCUT2D eigenvalue weighted by atomic mass is 35.7. The van der Waals surface area contributed by atoms with Gasteiger partial charge in [-0.3, -0.25) is 4.79 Å². The fourth-order valence-electron chi connectivity index (χ4n) is 2.14. The molecule has 0 aromatic heterocycles. The summed E-state index contributed by atoms with van der Waals surface area (Å²) in [4.78, 5) is 11.2. The van der Waals surface area contributed by atoms with Gasteiger partial charge in [0.05, 0.1) is 5.56 Å². The van der Waals surface area contributed by atoms with E-state index in [0.29, 0.717) is 12.5 Å². The zero-order valence-corrected chi connectivity index (χ0v) is 13.7. The molecule has 1 amide bonds. The van der Waals surface area contributed by atoms with Gasteiger partial charge in [-0.15, -0.1) is 0 Å². The summed E-state index contributed by atoms with van der Waals surface area (Å²) >= 11 is 5.72. The molecule has 4 nitrogen and oxygen atoms in total. The lowest BCUT2D eigenvalue weighted by atomic mass is 10.1. The van der Waals surface area contributed by atoms with Gasteiger partial charge >= 0.3 is 0 Å². The van der Waals surface area contributed by atoms with Gasteiger partial charge in [-0.05, 0) is 29.9 Å². The van der Waals surface area contributed by atoms with E-state index in [1.165, 1.54) is 0 Å². The van der Waals surface area contributed by atoms with Crippen molar-refractivity contribution in [2.24, 2.45) is 11.3 Å². The smallest absolute Gasteiger partial charge is 0.264 e.